The van der Waals surface area contributed by atoms with Gasteiger partial charge in [-0.05, 0) is 31.0 Å². The summed E-state index contributed by atoms with van der Waals surface area (Å²) in [5.41, 5.74) is 7.92. The number of carbonyl (C=O) groups excluding carboxylic acids is 1. The van der Waals surface area contributed by atoms with Crippen LogP contribution >= 0.6 is 0 Å². The van der Waals surface area contributed by atoms with Gasteiger partial charge in [-0.15, -0.1) is 0 Å². The maximum atomic E-state index is 11.0. The van der Waals surface area contributed by atoms with Gasteiger partial charge in [-0.2, -0.15) is 0 Å². The van der Waals surface area contributed by atoms with Gasteiger partial charge in [-0.1, -0.05) is 12.1 Å². The molecule has 94 valence electrons. The molecule has 0 bridgehead atoms. The lowest BCUT2D eigenvalue weighted by atomic mass is 10.1. The first-order chi connectivity index (χ1) is 8.04. The van der Waals surface area contributed by atoms with E-state index in [2.05, 4.69) is 5.32 Å². The molecule has 4 heteroatoms. The number of nitrogens with one attached hydrogen (secondary N) is 1. The Labute approximate surface area is 102 Å². The van der Waals surface area contributed by atoms with E-state index < -0.39 is 0 Å². The molecule has 0 fully saturated rings. The summed E-state index contributed by atoms with van der Waals surface area (Å²) in [6.45, 7) is 4.31. The highest BCUT2D eigenvalue weighted by Crippen LogP contribution is 2.21. The first-order valence-corrected chi connectivity index (χ1v) is 5.74. The quantitative estimate of drug-likeness (QED) is 0.815. The highest BCUT2D eigenvalue weighted by atomic mass is 16.5. The average Bonchev–Trinajstić information content (AvgIpc) is 2.30. The number of carbonyl (C=O) groups is 1. The Morgan fingerprint density at radius 3 is 2.76 bits per heavy atom. The summed E-state index contributed by atoms with van der Waals surface area (Å²) in [6.07, 6.45) is 0.366. The Morgan fingerprint density at radius 2 is 2.24 bits per heavy atom. The molecule has 4 nitrogen and oxygen atoms in total. The van der Waals surface area contributed by atoms with Crippen LogP contribution in [0.3, 0.4) is 0 Å². The number of nitrogens with two attached hydrogens (primary N) is 1. The van der Waals surface area contributed by atoms with Gasteiger partial charge in [0.15, 0.2) is 0 Å². The third-order valence-electron chi connectivity index (χ3n) is 2.59. The molecule has 0 radical (unpaired) electrons. The number of aryl methyl sites for hydroxylation is 1. The van der Waals surface area contributed by atoms with Crippen LogP contribution in [0.1, 0.15) is 30.5 Å². The van der Waals surface area contributed by atoms with E-state index in [-0.39, 0.29) is 11.9 Å². The van der Waals surface area contributed by atoms with Gasteiger partial charge in [0.1, 0.15) is 5.75 Å². The van der Waals surface area contributed by atoms with Gasteiger partial charge in [0.2, 0.25) is 5.91 Å². The summed E-state index contributed by atoms with van der Waals surface area (Å²) in [5.74, 6) is 0.785. The van der Waals surface area contributed by atoms with E-state index in [9.17, 15) is 4.79 Å². The number of benzene rings is 1. The van der Waals surface area contributed by atoms with Crippen molar-refractivity contribution in [3.05, 3.63) is 29.3 Å². The van der Waals surface area contributed by atoms with E-state index in [1.54, 1.807) is 7.05 Å². The molecular formula is C13H20N2O2. The zero-order chi connectivity index (χ0) is 12.8. The van der Waals surface area contributed by atoms with Crippen molar-refractivity contribution in [1.82, 2.24) is 5.32 Å². The minimum atomic E-state index is -0.0187. The number of rotatable bonds is 5. The lowest BCUT2D eigenvalue weighted by molar-refractivity contribution is -0.121. The Balaban J connectivity index is 2.57. The molecule has 1 aromatic carbocycles. The molecule has 0 aliphatic rings. The molecule has 1 rings (SSSR count). The van der Waals surface area contributed by atoms with Gasteiger partial charge in [-0.3, -0.25) is 4.79 Å². The molecule has 0 saturated heterocycles. The molecule has 0 heterocycles. The highest BCUT2D eigenvalue weighted by Gasteiger charge is 2.05. The predicted octanol–water partition coefficient (Wildman–Crippen LogP) is 1.53. The third kappa shape index (κ3) is 4.07. The number of amides is 1. The number of ether oxygens (including phenoxy) is 1. The molecule has 0 aliphatic carbocycles. The monoisotopic (exact) mass is 236 g/mol. The van der Waals surface area contributed by atoms with Crippen LogP contribution in [-0.2, 0) is 4.79 Å². The smallest absolute Gasteiger partial charge is 0.223 e. The summed E-state index contributed by atoms with van der Waals surface area (Å²) in [6, 6.07) is 5.89. The predicted molar refractivity (Wildman–Crippen MR) is 68.0 cm³/mol. The second kappa shape index (κ2) is 6.25. The maximum Gasteiger partial charge on any atom is 0.223 e. The molecule has 0 saturated carbocycles. The summed E-state index contributed by atoms with van der Waals surface area (Å²) < 4.78 is 5.54. The van der Waals surface area contributed by atoms with Gasteiger partial charge < -0.3 is 15.8 Å². The molecule has 1 aromatic rings. The van der Waals surface area contributed by atoms with Crippen molar-refractivity contribution in [2.24, 2.45) is 5.73 Å². The fourth-order valence-corrected chi connectivity index (χ4v) is 1.50. The van der Waals surface area contributed by atoms with E-state index in [1.165, 1.54) is 0 Å². The Morgan fingerprint density at radius 1 is 1.53 bits per heavy atom. The lowest BCUT2D eigenvalue weighted by Gasteiger charge is -2.12. The van der Waals surface area contributed by atoms with Crippen molar-refractivity contribution < 1.29 is 9.53 Å². The molecule has 3 N–H and O–H groups in total. The van der Waals surface area contributed by atoms with Crippen LogP contribution in [0.5, 0.6) is 5.75 Å². The fourth-order valence-electron chi connectivity index (χ4n) is 1.50. The molecular weight excluding hydrogens is 216 g/mol. The van der Waals surface area contributed by atoms with Crippen molar-refractivity contribution >= 4 is 5.91 Å². The van der Waals surface area contributed by atoms with Gasteiger partial charge >= 0.3 is 0 Å². The Hall–Kier alpha value is -1.55. The zero-order valence-corrected chi connectivity index (χ0v) is 10.6. The largest absolute Gasteiger partial charge is 0.493 e. The van der Waals surface area contributed by atoms with Crippen molar-refractivity contribution in [1.29, 1.82) is 0 Å². The standard InChI is InChI=1S/C13H20N2O2/c1-9-8-11(10(2)14)4-5-12(9)17-7-6-13(16)15-3/h4-5,8,10H,6-7,14H2,1-3H3,(H,15,16)/t10-/m0/s1. The zero-order valence-electron chi connectivity index (χ0n) is 10.6. The summed E-state index contributed by atoms with van der Waals surface area (Å²) >= 11 is 0. The topological polar surface area (TPSA) is 64.3 Å². The van der Waals surface area contributed by atoms with Crippen LogP contribution in [0.15, 0.2) is 18.2 Å². The summed E-state index contributed by atoms with van der Waals surface area (Å²) in [7, 11) is 1.62. The SMILES string of the molecule is CNC(=O)CCOc1ccc([C@H](C)N)cc1C. The van der Waals surface area contributed by atoms with Gasteiger partial charge in [-0.25, -0.2) is 0 Å². The second-order valence-electron chi connectivity index (χ2n) is 4.09. The lowest BCUT2D eigenvalue weighted by Crippen LogP contribution is -2.20. The first kappa shape index (κ1) is 13.5. The van der Waals surface area contributed by atoms with E-state index >= 15 is 0 Å². The van der Waals surface area contributed by atoms with Gasteiger partial charge in [0.05, 0.1) is 13.0 Å². The van der Waals surface area contributed by atoms with Crippen LogP contribution in [0, 0.1) is 6.92 Å². The minimum Gasteiger partial charge on any atom is -0.493 e. The summed E-state index contributed by atoms with van der Waals surface area (Å²) in [4.78, 5) is 11.0. The van der Waals surface area contributed by atoms with Crippen LogP contribution < -0.4 is 15.8 Å². The van der Waals surface area contributed by atoms with E-state index in [1.807, 2.05) is 32.0 Å². The molecule has 0 unspecified atom stereocenters. The van der Waals surface area contributed by atoms with Crippen LogP contribution in [0.4, 0.5) is 0 Å². The molecule has 17 heavy (non-hydrogen) atoms. The van der Waals surface area contributed by atoms with E-state index in [0.717, 1.165) is 16.9 Å². The fraction of sp³-hybridized carbons (Fsp3) is 0.462. The average molecular weight is 236 g/mol. The Kier molecular flexibility index (Phi) is 4.97. The van der Waals surface area contributed by atoms with Crippen LogP contribution in [-0.4, -0.2) is 19.6 Å². The molecule has 0 spiro atoms. The highest BCUT2D eigenvalue weighted by molar-refractivity contribution is 5.75. The van der Waals surface area contributed by atoms with Gasteiger partial charge in [0.25, 0.3) is 0 Å². The number of hydrogen-bond acceptors (Lipinski definition) is 3. The minimum absolute atomic E-state index is 0.0187. The number of hydrogen-bond donors (Lipinski definition) is 2. The third-order valence-corrected chi connectivity index (χ3v) is 2.59. The van der Waals surface area contributed by atoms with E-state index in [4.69, 9.17) is 10.5 Å². The maximum absolute atomic E-state index is 11.0. The first-order valence-electron chi connectivity index (χ1n) is 5.74. The second-order valence-corrected chi connectivity index (χ2v) is 4.09. The van der Waals surface area contributed by atoms with Crippen molar-refractivity contribution in [3.63, 3.8) is 0 Å². The van der Waals surface area contributed by atoms with Crippen molar-refractivity contribution in [2.75, 3.05) is 13.7 Å². The molecule has 1 atom stereocenters. The Bertz CT molecular complexity index is 389. The molecule has 1 amide bonds. The molecule has 0 aromatic heterocycles. The van der Waals surface area contributed by atoms with Crippen LogP contribution in [0.25, 0.3) is 0 Å². The van der Waals surface area contributed by atoms with E-state index in [0.29, 0.717) is 13.0 Å². The summed E-state index contributed by atoms with van der Waals surface area (Å²) in [5, 5.41) is 2.55. The van der Waals surface area contributed by atoms with Crippen molar-refractivity contribution in [2.45, 2.75) is 26.3 Å². The van der Waals surface area contributed by atoms with Crippen molar-refractivity contribution in [3.8, 4) is 5.75 Å². The molecule has 0 aliphatic heterocycles. The van der Waals surface area contributed by atoms with Gasteiger partial charge in [0, 0.05) is 13.1 Å². The van der Waals surface area contributed by atoms with Crippen LogP contribution in [0.2, 0.25) is 0 Å². The normalized spacial score (nSPS) is 12.0.